The van der Waals surface area contributed by atoms with Gasteiger partial charge >= 0.3 is 5.97 Å². The summed E-state index contributed by atoms with van der Waals surface area (Å²) in [5, 5.41) is 15.1. The maximum Gasteiger partial charge on any atom is 0.374 e. The smallest absolute Gasteiger partial charge is 0.374 e. The zero-order chi connectivity index (χ0) is 22.0. The molecule has 0 fully saturated rings. The Kier molecular flexibility index (Phi) is 6.21. The van der Waals surface area contributed by atoms with Crippen LogP contribution in [0.3, 0.4) is 0 Å². The Bertz CT molecular complexity index is 1060. The van der Waals surface area contributed by atoms with Crippen molar-refractivity contribution in [2.75, 3.05) is 0 Å². The van der Waals surface area contributed by atoms with Gasteiger partial charge in [0.25, 0.3) is 11.6 Å². The van der Waals surface area contributed by atoms with Gasteiger partial charge in [-0.15, -0.1) is 0 Å². The number of hydrazone groups is 1. The third kappa shape index (κ3) is 4.35. The number of halogens is 1. The molecule has 2 aromatic rings. The lowest BCUT2D eigenvalue weighted by Gasteiger charge is -2.13. The van der Waals surface area contributed by atoms with Crippen LogP contribution in [0.4, 0.5) is 5.69 Å². The number of furan rings is 1. The minimum Gasteiger partial charge on any atom is -0.457 e. The SMILES string of the molecule is Cc1c(C(=O)OC(C)C)oc2c1/C(=N/NC(=O)c1ccc(Cl)c([N+](=O)[O-])c1)CCC2. The Hall–Kier alpha value is -3.20. The van der Waals surface area contributed by atoms with Crippen molar-refractivity contribution in [3.8, 4) is 0 Å². The third-order valence-electron chi connectivity index (χ3n) is 4.55. The molecule has 0 saturated heterocycles. The topological polar surface area (TPSA) is 124 Å². The lowest BCUT2D eigenvalue weighted by Crippen LogP contribution is -2.22. The van der Waals surface area contributed by atoms with Crippen LogP contribution >= 0.6 is 11.6 Å². The molecule has 30 heavy (non-hydrogen) atoms. The summed E-state index contributed by atoms with van der Waals surface area (Å²) in [5.74, 6) is -0.420. The van der Waals surface area contributed by atoms with Crippen LogP contribution in [0.25, 0.3) is 0 Å². The second kappa shape index (κ2) is 8.66. The molecule has 0 atom stereocenters. The van der Waals surface area contributed by atoms with Crippen LogP contribution in [0, 0.1) is 17.0 Å². The van der Waals surface area contributed by atoms with Gasteiger partial charge in [0.2, 0.25) is 5.76 Å². The number of hydrogen-bond donors (Lipinski definition) is 1. The minimum atomic E-state index is -0.662. The molecule has 9 nitrogen and oxygen atoms in total. The lowest BCUT2D eigenvalue weighted by atomic mass is 9.93. The van der Waals surface area contributed by atoms with E-state index in [0.29, 0.717) is 35.4 Å². The average molecular weight is 434 g/mol. The van der Waals surface area contributed by atoms with E-state index in [0.717, 1.165) is 12.5 Å². The Labute approximate surface area is 177 Å². The van der Waals surface area contributed by atoms with Crippen molar-refractivity contribution in [3.63, 3.8) is 0 Å². The van der Waals surface area contributed by atoms with Gasteiger partial charge in [0.15, 0.2) is 0 Å². The van der Waals surface area contributed by atoms with E-state index >= 15 is 0 Å². The normalized spacial score (nSPS) is 14.5. The summed E-state index contributed by atoms with van der Waals surface area (Å²) in [7, 11) is 0. The Morgan fingerprint density at radius 3 is 2.73 bits per heavy atom. The standard InChI is InChI=1S/C20H20ClN3O6/c1-10(2)29-20(26)18-11(3)17-14(5-4-6-16(17)30-18)22-23-19(25)12-7-8-13(21)15(9-12)24(27)28/h7-10H,4-6H2,1-3H3,(H,23,25)/b22-14+. The molecular weight excluding hydrogens is 414 g/mol. The molecule has 1 aliphatic carbocycles. The molecule has 158 valence electrons. The van der Waals surface area contributed by atoms with Crippen molar-refractivity contribution < 1.29 is 23.7 Å². The molecule has 3 rings (SSSR count). The van der Waals surface area contributed by atoms with E-state index < -0.39 is 16.8 Å². The van der Waals surface area contributed by atoms with Crippen LogP contribution in [0.1, 0.15) is 64.5 Å². The number of nitrogens with one attached hydrogen (secondary N) is 1. The number of nitrogens with zero attached hydrogens (tertiary/aromatic N) is 2. The largest absolute Gasteiger partial charge is 0.457 e. The van der Waals surface area contributed by atoms with Crippen LogP contribution < -0.4 is 5.43 Å². The highest BCUT2D eigenvalue weighted by molar-refractivity contribution is 6.32. The Morgan fingerprint density at radius 1 is 1.33 bits per heavy atom. The van der Waals surface area contributed by atoms with Gasteiger partial charge < -0.3 is 9.15 Å². The van der Waals surface area contributed by atoms with Crippen molar-refractivity contribution >= 4 is 34.9 Å². The van der Waals surface area contributed by atoms with E-state index in [1.54, 1.807) is 20.8 Å². The molecule has 0 aliphatic heterocycles. The first-order valence-electron chi connectivity index (χ1n) is 9.33. The summed E-state index contributed by atoms with van der Waals surface area (Å²) in [6, 6.07) is 3.75. The molecule has 1 N–H and O–H groups in total. The monoisotopic (exact) mass is 433 g/mol. The number of nitro benzene ring substituents is 1. The van der Waals surface area contributed by atoms with E-state index in [2.05, 4.69) is 10.5 Å². The van der Waals surface area contributed by atoms with Gasteiger partial charge in [0, 0.05) is 29.2 Å². The van der Waals surface area contributed by atoms with E-state index in [9.17, 15) is 19.7 Å². The molecule has 1 aliphatic rings. The number of carbonyl (C=O) groups is 2. The second-order valence-corrected chi connectivity index (χ2v) is 7.49. The van der Waals surface area contributed by atoms with Gasteiger partial charge in [-0.25, -0.2) is 10.2 Å². The highest BCUT2D eigenvalue weighted by atomic mass is 35.5. The molecule has 0 radical (unpaired) electrons. The van der Waals surface area contributed by atoms with Crippen LogP contribution in [0.2, 0.25) is 5.02 Å². The van der Waals surface area contributed by atoms with Crippen LogP contribution in [0.5, 0.6) is 0 Å². The average Bonchev–Trinajstić information content (AvgIpc) is 3.03. The maximum absolute atomic E-state index is 12.4. The number of ether oxygens (including phenoxy) is 1. The molecule has 10 heteroatoms. The molecular formula is C20H20ClN3O6. The maximum atomic E-state index is 12.4. The van der Waals surface area contributed by atoms with Gasteiger partial charge in [-0.3, -0.25) is 14.9 Å². The summed E-state index contributed by atoms with van der Waals surface area (Å²) in [5.41, 5.74) is 3.96. The molecule has 0 unspecified atom stereocenters. The quantitative estimate of drug-likeness (QED) is 0.428. The fourth-order valence-corrected chi connectivity index (χ4v) is 3.41. The summed E-state index contributed by atoms with van der Waals surface area (Å²) >= 11 is 5.78. The summed E-state index contributed by atoms with van der Waals surface area (Å²) in [6.07, 6.45) is 1.67. The third-order valence-corrected chi connectivity index (χ3v) is 4.87. The lowest BCUT2D eigenvalue weighted by molar-refractivity contribution is -0.384. The number of carbonyl (C=O) groups excluding carboxylic acids is 2. The zero-order valence-corrected chi connectivity index (χ0v) is 17.4. The highest BCUT2D eigenvalue weighted by Crippen LogP contribution is 2.30. The molecule has 0 spiro atoms. The molecule has 1 amide bonds. The van der Waals surface area contributed by atoms with Gasteiger partial charge in [0.1, 0.15) is 10.8 Å². The number of nitro groups is 1. The highest BCUT2D eigenvalue weighted by Gasteiger charge is 2.29. The van der Waals surface area contributed by atoms with Crippen LogP contribution in [-0.2, 0) is 11.2 Å². The number of amides is 1. The van der Waals surface area contributed by atoms with E-state index in [-0.39, 0.29) is 28.1 Å². The van der Waals surface area contributed by atoms with E-state index in [1.165, 1.54) is 12.1 Å². The predicted octanol–water partition coefficient (Wildman–Crippen LogP) is 4.19. The first-order valence-corrected chi connectivity index (χ1v) is 9.71. The van der Waals surface area contributed by atoms with Gasteiger partial charge in [0.05, 0.1) is 16.7 Å². The summed E-state index contributed by atoms with van der Waals surface area (Å²) < 4.78 is 10.9. The fourth-order valence-electron chi connectivity index (χ4n) is 3.22. The Morgan fingerprint density at radius 2 is 2.07 bits per heavy atom. The van der Waals surface area contributed by atoms with Crippen molar-refractivity contribution in [3.05, 3.63) is 61.5 Å². The van der Waals surface area contributed by atoms with Crippen LogP contribution in [-0.4, -0.2) is 28.6 Å². The number of aryl methyl sites for hydroxylation is 1. The fraction of sp³-hybridized carbons (Fsp3) is 0.350. The Balaban J connectivity index is 1.86. The van der Waals surface area contributed by atoms with Crippen LogP contribution in [0.15, 0.2) is 27.7 Å². The minimum absolute atomic E-state index is 0.0524. The molecule has 0 bridgehead atoms. The molecule has 1 aromatic carbocycles. The van der Waals surface area contributed by atoms with Gasteiger partial charge in [-0.1, -0.05) is 11.6 Å². The van der Waals surface area contributed by atoms with Gasteiger partial charge in [-0.05, 0) is 45.7 Å². The predicted molar refractivity (Wildman–Crippen MR) is 109 cm³/mol. The molecule has 1 aromatic heterocycles. The van der Waals surface area contributed by atoms with Crippen molar-refractivity contribution in [2.45, 2.75) is 46.1 Å². The summed E-state index contributed by atoms with van der Waals surface area (Å²) in [6.45, 7) is 5.24. The number of fused-ring (bicyclic) bond motifs is 1. The number of rotatable bonds is 5. The number of benzene rings is 1. The first-order chi connectivity index (χ1) is 14.2. The van der Waals surface area contributed by atoms with Gasteiger partial charge in [-0.2, -0.15) is 5.10 Å². The first kappa shape index (κ1) is 21.5. The van der Waals surface area contributed by atoms with Crippen molar-refractivity contribution in [2.24, 2.45) is 5.10 Å². The number of hydrogen-bond acceptors (Lipinski definition) is 7. The second-order valence-electron chi connectivity index (χ2n) is 7.08. The number of esters is 1. The van der Waals surface area contributed by atoms with E-state index in [4.69, 9.17) is 20.8 Å². The summed E-state index contributed by atoms with van der Waals surface area (Å²) in [4.78, 5) is 35.1. The zero-order valence-electron chi connectivity index (χ0n) is 16.7. The van der Waals surface area contributed by atoms with Crippen molar-refractivity contribution in [1.82, 2.24) is 5.43 Å². The molecule has 1 heterocycles. The van der Waals surface area contributed by atoms with Crippen molar-refractivity contribution in [1.29, 1.82) is 0 Å². The van der Waals surface area contributed by atoms with E-state index in [1.807, 2.05) is 0 Å². The molecule has 0 saturated carbocycles.